The second-order valence-corrected chi connectivity index (χ2v) is 11.3. The molecule has 0 unspecified atom stereocenters. The topological polar surface area (TPSA) is 148 Å². The number of hydrogen-bond donors (Lipinski definition) is 3. The lowest BCUT2D eigenvalue weighted by molar-refractivity contribution is -0.139. The monoisotopic (exact) mass is 518 g/mol. The van der Waals surface area contributed by atoms with Crippen LogP contribution < -0.4 is 10.6 Å². The number of alkyl carbamates (subject to hydrolysis) is 2. The second kappa shape index (κ2) is 11.0. The van der Waals surface area contributed by atoms with E-state index in [-0.39, 0.29) is 22.8 Å². The Morgan fingerprint density at radius 2 is 1.75 bits per heavy atom. The molecule has 1 aliphatic heterocycles. The molecule has 0 bridgehead atoms. The van der Waals surface area contributed by atoms with Crippen LogP contribution in [0.5, 0.6) is 0 Å². The quantitative estimate of drug-likeness (QED) is 0.424. The average molecular weight is 519 g/mol. The highest BCUT2D eigenvalue weighted by molar-refractivity contribution is 7.96. The van der Waals surface area contributed by atoms with E-state index in [4.69, 9.17) is 9.47 Å². The Morgan fingerprint density at radius 3 is 2.44 bits per heavy atom. The fraction of sp³-hybridized carbons (Fsp3) is 0.400. The van der Waals surface area contributed by atoms with E-state index >= 15 is 0 Å². The van der Waals surface area contributed by atoms with E-state index in [1.54, 1.807) is 39.0 Å². The summed E-state index contributed by atoms with van der Waals surface area (Å²) in [6.45, 7) is 4.99. The van der Waals surface area contributed by atoms with Crippen LogP contribution >= 0.6 is 0 Å². The Labute approximate surface area is 209 Å². The van der Waals surface area contributed by atoms with Crippen molar-refractivity contribution in [3.05, 3.63) is 46.9 Å². The van der Waals surface area contributed by atoms with Crippen LogP contribution in [0.3, 0.4) is 0 Å². The third kappa shape index (κ3) is 6.75. The van der Waals surface area contributed by atoms with Crippen molar-refractivity contribution in [3.63, 3.8) is 0 Å². The molecule has 1 aliphatic rings. The molecule has 0 aromatic heterocycles. The number of amides is 2. The minimum absolute atomic E-state index is 0.0795. The van der Waals surface area contributed by atoms with Crippen molar-refractivity contribution in [3.8, 4) is 0 Å². The summed E-state index contributed by atoms with van der Waals surface area (Å²) in [5.74, 6) is -1.25. The van der Waals surface area contributed by atoms with E-state index in [1.807, 2.05) is 18.2 Å². The average Bonchev–Trinajstić information content (AvgIpc) is 3.05. The van der Waals surface area contributed by atoms with Crippen molar-refractivity contribution in [1.29, 1.82) is 0 Å². The fourth-order valence-corrected chi connectivity index (χ4v) is 5.40. The van der Waals surface area contributed by atoms with Gasteiger partial charge in [0, 0.05) is 11.9 Å². The molecule has 3 rings (SSSR count). The molecule has 194 valence electrons. The van der Waals surface area contributed by atoms with Crippen LogP contribution in [0.15, 0.2) is 46.2 Å². The van der Waals surface area contributed by atoms with Crippen LogP contribution in [0.25, 0.3) is 16.8 Å². The van der Waals surface area contributed by atoms with Crippen molar-refractivity contribution in [2.75, 3.05) is 13.2 Å². The Kier molecular flexibility index (Phi) is 8.24. The third-order valence-electron chi connectivity index (χ3n) is 5.36. The smallest absolute Gasteiger partial charge is 0.408 e. The molecule has 1 atom stereocenters. The summed E-state index contributed by atoms with van der Waals surface area (Å²) < 4.78 is 36.3. The largest absolute Gasteiger partial charge is 0.480 e. The van der Waals surface area contributed by atoms with Crippen molar-refractivity contribution in [2.45, 2.75) is 56.6 Å². The molecule has 11 heteroatoms. The number of carboxylic acid groups (broad SMARTS) is 1. The molecule has 0 aliphatic carbocycles. The van der Waals surface area contributed by atoms with Gasteiger partial charge in [0.05, 0.1) is 9.80 Å². The van der Waals surface area contributed by atoms with Crippen LogP contribution in [0.4, 0.5) is 9.59 Å². The Balaban J connectivity index is 1.49. The SMILES string of the molecule is CC(C)(C)OC(=O)NCCCC[C@H](NC(=O)OCC1=Cc2ccc3ccccc3c2S1(=O)=O)C(=O)O. The summed E-state index contributed by atoms with van der Waals surface area (Å²) >= 11 is 0. The van der Waals surface area contributed by atoms with Gasteiger partial charge in [-0.3, -0.25) is 0 Å². The van der Waals surface area contributed by atoms with Crippen molar-refractivity contribution in [1.82, 2.24) is 10.6 Å². The fourth-order valence-electron chi connectivity index (χ4n) is 3.73. The van der Waals surface area contributed by atoms with E-state index in [9.17, 15) is 27.9 Å². The molecule has 2 amide bonds. The number of aliphatic carboxylic acids is 1. The maximum absolute atomic E-state index is 13.1. The van der Waals surface area contributed by atoms with E-state index < -0.39 is 46.2 Å². The number of carboxylic acids is 1. The van der Waals surface area contributed by atoms with Gasteiger partial charge in [0.1, 0.15) is 18.2 Å². The highest BCUT2D eigenvalue weighted by Gasteiger charge is 2.32. The summed E-state index contributed by atoms with van der Waals surface area (Å²) in [4.78, 5) is 35.5. The Morgan fingerprint density at radius 1 is 1.03 bits per heavy atom. The zero-order chi connectivity index (χ0) is 26.5. The molecule has 0 saturated carbocycles. The van der Waals surface area contributed by atoms with Gasteiger partial charge in [-0.05, 0) is 57.1 Å². The van der Waals surface area contributed by atoms with Crippen molar-refractivity contribution < 1.29 is 37.4 Å². The van der Waals surface area contributed by atoms with Crippen LogP contribution in [-0.4, -0.2) is 56.5 Å². The summed E-state index contributed by atoms with van der Waals surface area (Å²) in [7, 11) is -3.86. The van der Waals surface area contributed by atoms with Crippen LogP contribution in [0.2, 0.25) is 0 Å². The molecule has 0 saturated heterocycles. The van der Waals surface area contributed by atoms with E-state index in [2.05, 4.69) is 10.6 Å². The van der Waals surface area contributed by atoms with Gasteiger partial charge in [-0.25, -0.2) is 22.8 Å². The standard InChI is InChI=1S/C25H30N2O8S/c1-25(2,3)35-23(30)26-13-7-6-10-20(22(28)29)27-24(31)34-15-18-14-17-12-11-16-8-4-5-9-19(16)21(17)36(18,32)33/h4-5,8-9,11-12,14,20H,6-7,10,13,15H2,1-3H3,(H,26,30)(H,27,31)(H,28,29)/t20-/m0/s1. The minimum Gasteiger partial charge on any atom is -0.480 e. The number of fused-ring (bicyclic) bond motifs is 3. The van der Waals surface area contributed by atoms with Crippen molar-refractivity contribution >= 4 is 44.8 Å². The molecule has 2 aromatic rings. The normalized spacial score (nSPS) is 14.9. The zero-order valence-electron chi connectivity index (χ0n) is 20.4. The third-order valence-corrected chi connectivity index (χ3v) is 7.28. The zero-order valence-corrected chi connectivity index (χ0v) is 21.2. The molecular weight excluding hydrogens is 488 g/mol. The number of rotatable bonds is 9. The Bertz CT molecular complexity index is 1290. The van der Waals surface area contributed by atoms with Crippen LogP contribution in [0.1, 0.15) is 45.6 Å². The number of unbranched alkanes of at least 4 members (excludes halogenated alkanes) is 1. The number of carbonyl (C=O) groups excluding carboxylic acids is 2. The molecule has 10 nitrogen and oxygen atoms in total. The molecule has 3 N–H and O–H groups in total. The van der Waals surface area contributed by atoms with Crippen LogP contribution in [0, 0.1) is 0 Å². The first kappa shape index (κ1) is 27.0. The molecule has 36 heavy (non-hydrogen) atoms. The van der Waals surface area contributed by atoms with Gasteiger partial charge in [0.2, 0.25) is 9.84 Å². The molecule has 0 radical (unpaired) electrons. The lowest BCUT2D eigenvalue weighted by Crippen LogP contribution is -2.41. The first-order chi connectivity index (χ1) is 16.9. The van der Waals surface area contributed by atoms with Gasteiger partial charge >= 0.3 is 18.2 Å². The summed E-state index contributed by atoms with van der Waals surface area (Å²) in [5, 5.41) is 15.6. The lowest BCUT2D eigenvalue weighted by Gasteiger charge is -2.19. The summed E-state index contributed by atoms with van der Waals surface area (Å²) in [6.07, 6.45) is 0.818. The number of sulfone groups is 1. The van der Waals surface area contributed by atoms with E-state index in [0.717, 1.165) is 5.39 Å². The predicted molar refractivity (Wildman–Crippen MR) is 133 cm³/mol. The molecule has 2 aromatic carbocycles. The number of ether oxygens (including phenoxy) is 2. The second-order valence-electron chi connectivity index (χ2n) is 9.35. The number of benzene rings is 2. The minimum atomic E-state index is -3.86. The first-order valence-corrected chi connectivity index (χ1v) is 13.0. The van der Waals surface area contributed by atoms with Gasteiger partial charge in [-0.2, -0.15) is 0 Å². The molecule has 1 heterocycles. The van der Waals surface area contributed by atoms with Gasteiger partial charge in [-0.1, -0.05) is 36.4 Å². The van der Waals surface area contributed by atoms with Crippen molar-refractivity contribution in [2.24, 2.45) is 0 Å². The number of carbonyl (C=O) groups is 3. The molecular formula is C25H30N2O8S. The lowest BCUT2D eigenvalue weighted by atomic mass is 10.1. The van der Waals surface area contributed by atoms with Crippen LogP contribution in [-0.2, 0) is 24.1 Å². The van der Waals surface area contributed by atoms with Gasteiger partial charge in [-0.15, -0.1) is 0 Å². The number of hydrogen-bond acceptors (Lipinski definition) is 7. The first-order valence-electron chi connectivity index (χ1n) is 11.5. The summed E-state index contributed by atoms with van der Waals surface area (Å²) in [6, 6.07) is 9.38. The number of nitrogens with one attached hydrogen (secondary N) is 2. The summed E-state index contributed by atoms with van der Waals surface area (Å²) in [5.41, 5.74) is -0.108. The molecule has 0 fully saturated rings. The van der Waals surface area contributed by atoms with Gasteiger partial charge in [0.15, 0.2) is 0 Å². The Hall–Kier alpha value is -3.60. The molecule has 0 spiro atoms. The predicted octanol–water partition coefficient (Wildman–Crippen LogP) is 3.84. The maximum Gasteiger partial charge on any atom is 0.408 e. The highest BCUT2D eigenvalue weighted by atomic mass is 32.2. The van der Waals surface area contributed by atoms with Gasteiger partial charge in [0.25, 0.3) is 0 Å². The maximum atomic E-state index is 13.1. The highest BCUT2D eigenvalue weighted by Crippen LogP contribution is 2.38. The van der Waals surface area contributed by atoms with E-state index in [1.165, 1.54) is 6.08 Å². The van der Waals surface area contributed by atoms with Gasteiger partial charge < -0.3 is 25.2 Å². The van der Waals surface area contributed by atoms with E-state index in [0.29, 0.717) is 23.8 Å².